The molecule has 3 aromatic rings. The van der Waals surface area contributed by atoms with Gasteiger partial charge in [0.25, 0.3) is 5.91 Å². The molecule has 3 heteroatoms. The highest BCUT2D eigenvalue weighted by Gasteiger charge is 2.16. The number of carbonyl (C=O) groups is 1. The fourth-order valence-electron chi connectivity index (χ4n) is 2.64. The van der Waals surface area contributed by atoms with Gasteiger partial charge in [-0.15, -0.1) is 0 Å². The predicted octanol–water partition coefficient (Wildman–Crippen LogP) is 4.50. The first-order valence-electron chi connectivity index (χ1n) is 7.56. The lowest BCUT2D eigenvalue weighted by atomic mass is 9.87. The number of carbonyl (C=O) groups excluding carboxylic acids is 1. The molecule has 0 saturated carbocycles. The maximum absolute atomic E-state index is 12.7. The van der Waals surface area contributed by atoms with Crippen molar-refractivity contribution in [2.75, 3.05) is 0 Å². The van der Waals surface area contributed by atoms with Crippen LogP contribution in [0.3, 0.4) is 0 Å². The van der Waals surface area contributed by atoms with E-state index in [1.165, 1.54) is 5.56 Å². The minimum atomic E-state index is -0.0647. The number of rotatable bonds is 1. The molecular formula is C20H18N2O. The lowest BCUT2D eigenvalue weighted by Gasteiger charge is -2.19. The summed E-state index contributed by atoms with van der Waals surface area (Å²) in [5, 5.41) is 9.85. The Morgan fingerprint density at radius 2 is 1.74 bits per heavy atom. The van der Waals surface area contributed by atoms with Crippen molar-refractivity contribution >= 4 is 16.8 Å². The third kappa shape index (κ3) is 2.76. The highest BCUT2D eigenvalue weighted by Crippen LogP contribution is 2.23. The van der Waals surface area contributed by atoms with Gasteiger partial charge < -0.3 is 0 Å². The van der Waals surface area contributed by atoms with Gasteiger partial charge in [0.1, 0.15) is 0 Å². The van der Waals surface area contributed by atoms with Crippen molar-refractivity contribution in [3.8, 4) is 6.07 Å². The number of hydrogen-bond donors (Lipinski definition) is 0. The van der Waals surface area contributed by atoms with Crippen LogP contribution < -0.4 is 0 Å². The molecule has 3 nitrogen and oxygen atoms in total. The van der Waals surface area contributed by atoms with Crippen LogP contribution in [0.2, 0.25) is 0 Å². The molecule has 3 rings (SSSR count). The van der Waals surface area contributed by atoms with Crippen molar-refractivity contribution in [3.05, 3.63) is 71.4 Å². The average Bonchev–Trinajstić information content (AvgIpc) is 2.96. The Hall–Kier alpha value is -2.86. The molecule has 23 heavy (non-hydrogen) atoms. The maximum Gasteiger partial charge on any atom is 0.262 e. The molecular weight excluding hydrogens is 284 g/mol. The van der Waals surface area contributed by atoms with Crippen molar-refractivity contribution in [1.82, 2.24) is 4.57 Å². The second-order valence-corrected chi connectivity index (χ2v) is 6.70. The molecule has 0 aliphatic carbocycles. The molecule has 0 unspecified atom stereocenters. The highest BCUT2D eigenvalue weighted by molar-refractivity contribution is 6.02. The average molecular weight is 302 g/mol. The van der Waals surface area contributed by atoms with Gasteiger partial charge in [0.05, 0.1) is 17.1 Å². The van der Waals surface area contributed by atoms with Gasteiger partial charge in [0.15, 0.2) is 0 Å². The zero-order valence-electron chi connectivity index (χ0n) is 13.5. The van der Waals surface area contributed by atoms with Crippen LogP contribution in [0.5, 0.6) is 0 Å². The molecule has 1 heterocycles. The summed E-state index contributed by atoms with van der Waals surface area (Å²) in [6.07, 6.45) is 1.76. The summed E-state index contributed by atoms with van der Waals surface area (Å²) in [5.41, 5.74) is 3.33. The van der Waals surface area contributed by atoms with E-state index in [2.05, 4.69) is 26.8 Å². The predicted molar refractivity (Wildman–Crippen MR) is 91.5 cm³/mol. The number of nitriles is 1. The van der Waals surface area contributed by atoms with Gasteiger partial charge in [0, 0.05) is 17.1 Å². The van der Waals surface area contributed by atoms with E-state index < -0.39 is 0 Å². The van der Waals surface area contributed by atoms with E-state index >= 15 is 0 Å². The molecule has 1 aromatic heterocycles. The van der Waals surface area contributed by atoms with Crippen molar-refractivity contribution < 1.29 is 4.79 Å². The standard InChI is InChI=1S/C20H18N2O/c1-20(2,3)17-7-5-15(6-8-17)19(23)22-11-10-16-12-14(13-21)4-9-18(16)22/h4-12H,1-3H3. The Morgan fingerprint density at radius 1 is 1.04 bits per heavy atom. The van der Waals surface area contributed by atoms with E-state index in [9.17, 15) is 4.79 Å². The second kappa shape index (κ2) is 5.40. The molecule has 2 aromatic carbocycles. The first-order chi connectivity index (χ1) is 10.9. The second-order valence-electron chi connectivity index (χ2n) is 6.70. The molecule has 0 fully saturated rings. The van der Waals surface area contributed by atoms with Crippen LogP contribution in [0.15, 0.2) is 54.7 Å². The van der Waals surface area contributed by atoms with Crippen LogP contribution in [0.1, 0.15) is 42.3 Å². The Kier molecular flexibility index (Phi) is 3.54. The molecule has 114 valence electrons. The Labute approximate surface area is 135 Å². The quantitative estimate of drug-likeness (QED) is 0.664. The molecule has 0 spiro atoms. The van der Waals surface area contributed by atoms with Crippen LogP contribution >= 0.6 is 0 Å². The largest absolute Gasteiger partial charge is 0.283 e. The van der Waals surface area contributed by atoms with Crippen LogP contribution in [-0.4, -0.2) is 10.5 Å². The van der Waals surface area contributed by atoms with Gasteiger partial charge in [-0.1, -0.05) is 32.9 Å². The summed E-state index contributed by atoms with van der Waals surface area (Å²) in [6, 6.07) is 17.1. The number of fused-ring (bicyclic) bond motifs is 1. The summed E-state index contributed by atoms with van der Waals surface area (Å²) < 4.78 is 1.63. The molecule has 0 N–H and O–H groups in total. The van der Waals surface area contributed by atoms with E-state index in [0.717, 1.165) is 10.9 Å². The van der Waals surface area contributed by atoms with E-state index in [1.807, 2.05) is 36.4 Å². The lowest BCUT2D eigenvalue weighted by Crippen LogP contribution is -2.13. The monoisotopic (exact) mass is 302 g/mol. The number of aromatic nitrogens is 1. The van der Waals surface area contributed by atoms with Crippen LogP contribution in [0, 0.1) is 11.3 Å². The smallest absolute Gasteiger partial charge is 0.262 e. The molecule has 0 aliphatic heterocycles. The summed E-state index contributed by atoms with van der Waals surface area (Å²) in [5.74, 6) is -0.0647. The van der Waals surface area contributed by atoms with Gasteiger partial charge in [-0.25, -0.2) is 0 Å². The molecule has 0 saturated heterocycles. The van der Waals surface area contributed by atoms with Crippen LogP contribution in [0.25, 0.3) is 10.9 Å². The SMILES string of the molecule is CC(C)(C)c1ccc(C(=O)n2ccc3cc(C#N)ccc32)cc1. The minimum Gasteiger partial charge on any atom is -0.283 e. The van der Waals surface area contributed by atoms with Gasteiger partial charge in [-0.2, -0.15) is 5.26 Å². The minimum absolute atomic E-state index is 0.0647. The Bertz CT molecular complexity index is 919. The normalized spacial score (nSPS) is 11.4. The van der Waals surface area contributed by atoms with Gasteiger partial charge in [-0.05, 0) is 47.4 Å². The van der Waals surface area contributed by atoms with Gasteiger partial charge >= 0.3 is 0 Å². The van der Waals surface area contributed by atoms with Crippen molar-refractivity contribution in [3.63, 3.8) is 0 Å². The third-order valence-electron chi connectivity index (χ3n) is 4.04. The highest BCUT2D eigenvalue weighted by atomic mass is 16.2. The zero-order valence-corrected chi connectivity index (χ0v) is 13.5. The summed E-state index contributed by atoms with van der Waals surface area (Å²) >= 11 is 0. The van der Waals surface area contributed by atoms with Crippen molar-refractivity contribution in [2.24, 2.45) is 0 Å². The summed E-state index contributed by atoms with van der Waals surface area (Å²) in [7, 11) is 0. The first-order valence-corrected chi connectivity index (χ1v) is 7.56. The number of benzene rings is 2. The van der Waals surface area contributed by atoms with Gasteiger partial charge in [0.2, 0.25) is 0 Å². The molecule has 0 aliphatic rings. The van der Waals surface area contributed by atoms with E-state index in [1.54, 1.807) is 22.9 Å². The van der Waals surface area contributed by atoms with E-state index in [-0.39, 0.29) is 11.3 Å². The zero-order chi connectivity index (χ0) is 16.6. The van der Waals surface area contributed by atoms with E-state index in [0.29, 0.717) is 11.1 Å². The first kappa shape index (κ1) is 15.1. The summed E-state index contributed by atoms with van der Waals surface area (Å²) in [6.45, 7) is 6.45. The van der Waals surface area contributed by atoms with Crippen LogP contribution in [0.4, 0.5) is 0 Å². The molecule has 0 atom stereocenters. The fraction of sp³-hybridized carbons (Fsp3) is 0.200. The van der Waals surface area contributed by atoms with Gasteiger partial charge in [-0.3, -0.25) is 9.36 Å². The Balaban J connectivity index is 1.99. The number of hydrogen-bond acceptors (Lipinski definition) is 2. The number of nitrogens with zero attached hydrogens (tertiary/aromatic N) is 2. The Morgan fingerprint density at radius 3 is 2.35 bits per heavy atom. The molecule has 0 bridgehead atoms. The third-order valence-corrected chi connectivity index (χ3v) is 4.04. The fourth-order valence-corrected chi connectivity index (χ4v) is 2.64. The lowest BCUT2D eigenvalue weighted by molar-refractivity contribution is 0.0965. The topological polar surface area (TPSA) is 45.8 Å². The maximum atomic E-state index is 12.7. The van der Waals surface area contributed by atoms with E-state index in [4.69, 9.17) is 5.26 Å². The summed E-state index contributed by atoms with van der Waals surface area (Å²) in [4.78, 5) is 12.7. The molecule has 0 amide bonds. The molecule has 0 radical (unpaired) electrons. The van der Waals surface area contributed by atoms with Crippen molar-refractivity contribution in [2.45, 2.75) is 26.2 Å². The van der Waals surface area contributed by atoms with Crippen molar-refractivity contribution in [1.29, 1.82) is 5.26 Å². The van der Waals surface area contributed by atoms with Crippen LogP contribution in [-0.2, 0) is 5.41 Å².